The van der Waals surface area contributed by atoms with Crippen LogP contribution in [-0.4, -0.2) is 38.5 Å². The Hall–Kier alpha value is -4.39. The summed E-state index contributed by atoms with van der Waals surface area (Å²) in [6.07, 6.45) is 3.35. The first kappa shape index (κ1) is 27.2. The number of nitrogens with zero attached hydrogens (tertiary/aromatic N) is 6. The molecule has 1 fully saturated rings. The molecule has 0 bridgehead atoms. The second-order valence-corrected chi connectivity index (χ2v) is 11.5. The van der Waals surface area contributed by atoms with Gasteiger partial charge >= 0.3 is 5.76 Å². The summed E-state index contributed by atoms with van der Waals surface area (Å²) in [5.74, 6) is -0.329. The number of oxime groups is 1. The normalized spacial score (nSPS) is 18.2. The fourth-order valence-electron chi connectivity index (χ4n) is 5.46. The molecular weight excluding hydrogens is 508 g/mol. The Balaban J connectivity index is 1.46. The minimum absolute atomic E-state index is 0.0896. The van der Waals surface area contributed by atoms with Crippen LogP contribution in [0.15, 0.2) is 55.6 Å². The standard InChI is InChI=1S/C30H34N6O4/c1-30(2,3)40-33-26(21-8-7-9-23-28(21)39-29(38)36(23)6)18-10-13-20(14-11-18)34(4)24-16-25(37)35(5)22-15-12-19(17-31)32-27(22)24/h7-9,12,15-16,18,20H,10-11,13-14H2,1-6H3/b33-26-. The average molecular weight is 543 g/mol. The van der Waals surface area contributed by atoms with Crippen LogP contribution in [0.4, 0.5) is 5.69 Å². The summed E-state index contributed by atoms with van der Waals surface area (Å²) in [4.78, 5) is 37.6. The Morgan fingerprint density at radius 3 is 2.50 bits per heavy atom. The highest BCUT2D eigenvalue weighted by atomic mass is 16.6. The second kappa shape index (κ2) is 10.3. The number of para-hydroxylation sites is 1. The Labute approximate surface area is 232 Å². The third kappa shape index (κ3) is 4.99. The van der Waals surface area contributed by atoms with Crippen LogP contribution in [0.5, 0.6) is 0 Å². The fraction of sp³-hybridized carbons (Fsp3) is 0.433. The number of hydrogen-bond donors (Lipinski definition) is 0. The highest BCUT2D eigenvalue weighted by Gasteiger charge is 2.31. The van der Waals surface area contributed by atoms with Gasteiger partial charge in [0.1, 0.15) is 22.9 Å². The minimum atomic E-state index is -0.482. The lowest BCUT2D eigenvalue weighted by molar-refractivity contribution is -0.0000268. The average Bonchev–Trinajstić information content (AvgIpc) is 3.23. The number of aromatic nitrogens is 3. The van der Waals surface area contributed by atoms with Crippen LogP contribution < -0.4 is 16.2 Å². The van der Waals surface area contributed by atoms with E-state index in [1.807, 2.05) is 46.0 Å². The van der Waals surface area contributed by atoms with Crippen LogP contribution >= 0.6 is 0 Å². The zero-order chi connectivity index (χ0) is 28.8. The van der Waals surface area contributed by atoms with E-state index in [-0.39, 0.29) is 17.5 Å². The number of hydrogen-bond acceptors (Lipinski definition) is 8. The molecular formula is C30H34N6O4. The van der Waals surface area contributed by atoms with E-state index in [4.69, 9.17) is 9.25 Å². The van der Waals surface area contributed by atoms with Crippen molar-refractivity contribution in [1.29, 1.82) is 5.26 Å². The van der Waals surface area contributed by atoms with E-state index in [0.717, 1.165) is 42.6 Å². The van der Waals surface area contributed by atoms with E-state index in [1.165, 1.54) is 4.57 Å². The first-order chi connectivity index (χ1) is 19.0. The Bertz CT molecular complexity index is 1770. The lowest BCUT2D eigenvalue weighted by Gasteiger charge is -2.36. The van der Waals surface area contributed by atoms with Gasteiger partial charge in [-0.25, -0.2) is 9.78 Å². The number of fused-ring (bicyclic) bond motifs is 2. The molecule has 3 aromatic heterocycles. The SMILES string of the molecule is CN(c1cc(=O)n(C)c2ccc(C#N)nc12)C1CCC(/C(=N/OC(C)(C)C)c2cccc3c2oc(=O)n3C)CC1. The lowest BCUT2D eigenvalue weighted by atomic mass is 9.80. The van der Waals surface area contributed by atoms with Crippen LogP contribution in [0.25, 0.3) is 22.1 Å². The minimum Gasteiger partial charge on any atom is -0.407 e. The Morgan fingerprint density at radius 2 is 1.82 bits per heavy atom. The largest absolute Gasteiger partial charge is 0.419 e. The number of pyridine rings is 2. The van der Waals surface area contributed by atoms with Crippen LogP contribution in [0.3, 0.4) is 0 Å². The first-order valence-corrected chi connectivity index (χ1v) is 13.5. The summed E-state index contributed by atoms with van der Waals surface area (Å²) in [5.41, 5.74) is 4.51. The lowest BCUT2D eigenvalue weighted by Crippen LogP contribution is -2.38. The van der Waals surface area contributed by atoms with Gasteiger partial charge < -0.3 is 18.7 Å². The van der Waals surface area contributed by atoms with Crippen molar-refractivity contribution in [2.75, 3.05) is 11.9 Å². The summed E-state index contributed by atoms with van der Waals surface area (Å²) in [5, 5.41) is 14.0. The molecule has 1 saturated carbocycles. The van der Waals surface area contributed by atoms with Crippen molar-refractivity contribution in [3.8, 4) is 6.07 Å². The number of anilines is 1. The molecule has 40 heavy (non-hydrogen) atoms. The third-order valence-electron chi connectivity index (χ3n) is 7.71. The van der Waals surface area contributed by atoms with Gasteiger partial charge in [-0.3, -0.25) is 9.36 Å². The quantitative estimate of drug-likeness (QED) is 0.270. The molecule has 0 aliphatic heterocycles. The van der Waals surface area contributed by atoms with Crippen molar-refractivity contribution in [2.24, 2.45) is 25.2 Å². The zero-order valence-electron chi connectivity index (χ0n) is 23.8. The van der Waals surface area contributed by atoms with E-state index in [1.54, 1.807) is 36.9 Å². The van der Waals surface area contributed by atoms with Crippen LogP contribution in [-0.2, 0) is 18.9 Å². The fourth-order valence-corrected chi connectivity index (χ4v) is 5.46. The van der Waals surface area contributed by atoms with Gasteiger partial charge in [-0.1, -0.05) is 11.2 Å². The molecule has 0 spiro atoms. The van der Waals surface area contributed by atoms with Crippen molar-refractivity contribution in [2.45, 2.75) is 58.1 Å². The molecule has 1 aromatic carbocycles. The van der Waals surface area contributed by atoms with Gasteiger partial charge in [0.15, 0.2) is 5.58 Å². The predicted octanol–water partition coefficient (Wildman–Crippen LogP) is 4.46. The maximum absolute atomic E-state index is 12.8. The van der Waals surface area contributed by atoms with Crippen LogP contribution in [0, 0.1) is 17.2 Å². The molecule has 5 rings (SSSR count). The van der Waals surface area contributed by atoms with Gasteiger partial charge in [0.05, 0.1) is 22.4 Å². The molecule has 0 atom stereocenters. The van der Waals surface area contributed by atoms with Gasteiger partial charge in [-0.15, -0.1) is 0 Å². The maximum atomic E-state index is 12.8. The zero-order valence-corrected chi connectivity index (χ0v) is 23.8. The van der Waals surface area contributed by atoms with Gasteiger partial charge in [-0.05, 0) is 70.7 Å². The van der Waals surface area contributed by atoms with Crippen LogP contribution in [0.1, 0.15) is 57.7 Å². The summed E-state index contributed by atoms with van der Waals surface area (Å²) in [6.45, 7) is 5.84. The topological polar surface area (TPSA) is 119 Å². The summed E-state index contributed by atoms with van der Waals surface area (Å²) < 4.78 is 8.68. The van der Waals surface area contributed by atoms with Crippen molar-refractivity contribution in [3.63, 3.8) is 0 Å². The molecule has 10 heteroatoms. The van der Waals surface area contributed by atoms with E-state index in [2.05, 4.69) is 21.1 Å². The van der Waals surface area contributed by atoms with Crippen molar-refractivity contribution in [1.82, 2.24) is 14.1 Å². The van der Waals surface area contributed by atoms with E-state index >= 15 is 0 Å². The molecule has 3 heterocycles. The number of benzene rings is 1. The maximum Gasteiger partial charge on any atom is 0.419 e. The summed E-state index contributed by atoms with van der Waals surface area (Å²) >= 11 is 0. The van der Waals surface area contributed by atoms with Crippen molar-refractivity contribution < 1.29 is 9.25 Å². The van der Waals surface area contributed by atoms with Gasteiger partial charge in [-0.2, -0.15) is 5.26 Å². The molecule has 0 amide bonds. The summed E-state index contributed by atoms with van der Waals surface area (Å²) in [7, 11) is 5.39. The van der Waals surface area contributed by atoms with Gasteiger partial charge in [0, 0.05) is 44.7 Å². The third-order valence-corrected chi connectivity index (χ3v) is 7.71. The summed E-state index contributed by atoms with van der Waals surface area (Å²) in [6, 6.07) is 13.0. The number of oxazole rings is 1. The molecule has 1 aliphatic rings. The Morgan fingerprint density at radius 1 is 1.10 bits per heavy atom. The van der Waals surface area contributed by atoms with E-state index in [9.17, 15) is 14.9 Å². The molecule has 10 nitrogen and oxygen atoms in total. The van der Waals surface area contributed by atoms with Crippen molar-refractivity contribution >= 4 is 33.5 Å². The molecule has 1 aliphatic carbocycles. The second-order valence-electron chi connectivity index (χ2n) is 11.5. The number of aryl methyl sites for hydroxylation is 2. The predicted molar refractivity (Wildman–Crippen MR) is 155 cm³/mol. The van der Waals surface area contributed by atoms with Gasteiger partial charge in [0.25, 0.3) is 5.56 Å². The molecule has 0 N–H and O–H groups in total. The Kier molecular flexibility index (Phi) is 7.00. The monoisotopic (exact) mass is 542 g/mol. The molecule has 208 valence electrons. The van der Waals surface area contributed by atoms with Crippen molar-refractivity contribution in [3.05, 3.63) is 68.6 Å². The molecule has 0 unspecified atom stereocenters. The highest BCUT2D eigenvalue weighted by molar-refractivity contribution is 6.09. The smallest absolute Gasteiger partial charge is 0.407 e. The van der Waals surface area contributed by atoms with Gasteiger partial charge in [0.2, 0.25) is 0 Å². The first-order valence-electron chi connectivity index (χ1n) is 13.5. The number of rotatable bonds is 5. The molecule has 0 radical (unpaired) electrons. The van der Waals surface area contributed by atoms with E-state index < -0.39 is 11.4 Å². The molecule has 0 saturated heterocycles. The van der Waals surface area contributed by atoms with E-state index in [0.29, 0.717) is 27.8 Å². The number of nitriles is 1. The van der Waals surface area contributed by atoms with Crippen LogP contribution in [0.2, 0.25) is 0 Å². The highest BCUT2D eigenvalue weighted by Crippen LogP contribution is 2.35. The molecule has 4 aromatic rings.